The third-order valence-corrected chi connectivity index (χ3v) is 2.89. The van der Waals surface area contributed by atoms with Crippen molar-refractivity contribution in [2.45, 2.75) is 6.54 Å². The molecule has 1 aromatic heterocycles. The number of hydrogen-bond donors (Lipinski definition) is 1. The zero-order valence-corrected chi connectivity index (χ0v) is 11.1. The summed E-state index contributed by atoms with van der Waals surface area (Å²) in [6.07, 6.45) is 1.59. The highest BCUT2D eigenvalue weighted by Gasteiger charge is 2.12. The maximum absolute atomic E-state index is 12.1. The van der Waals surface area contributed by atoms with Crippen LogP contribution < -0.4 is 5.73 Å². The second-order valence-corrected chi connectivity index (χ2v) is 4.44. The first kappa shape index (κ1) is 13.7. The van der Waals surface area contributed by atoms with E-state index >= 15 is 0 Å². The smallest absolute Gasteiger partial charge is 0.272 e. The Bertz CT molecular complexity index is 609. The number of rotatable bonds is 4. The molecule has 5 nitrogen and oxygen atoms in total. The highest BCUT2D eigenvalue weighted by Crippen LogP contribution is 2.08. The van der Waals surface area contributed by atoms with Gasteiger partial charge in [0.1, 0.15) is 5.69 Å². The molecule has 0 unspecified atom stereocenters. The average molecular weight is 269 g/mol. The van der Waals surface area contributed by atoms with Crippen molar-refractivity contribution in [3.05, 3.63) is 65.5 Å². The van der Waals surface area contributed by atoms with Gasteiger partial charge in [-0.2, -0.15) is 0 Å². The van der Waals surface area contributed by atoms with Gasteiger partial charge in [-0.05, 0) is 29.8 Å². The first-order chi connectivity index (χ1) is 9.58. The Labute approximate surface area is 117 Å². The molecular weight excluding hydrogens is 254 g/mol. The summed E-state index contributed by atoms with van der Waals surface area (Å²) in [5.41, 5.74) is 6.95. The second kappa shape index (κ2) is 5.97. The minimum Gasteiger partial charge on any atom is -0.366 e. The van der Waals surface area contributed by atoms with Gasteiger partial charge < -0.3 is 10.6 Å². The summed E-state index contributed by atoms with van der Waals surface area (Å²) in [7, 11) is 1.71. The van der Waals surface area contributed by atoms with Crippen LogP contribution in [0.4, 0.5) is 0 Å². The van der Waals surface area contributed by atoms with Crippen LogP contribution in [-0.4, -0.2) is 28.7 Å². The van der Waals surface area contributed by atoms with Gasteiger partial charge in [0, 0.05) is 25.4 Å². The molecule has 0 aliphatic heterocycles. The van der Waals surface area contributed by atoms with E-state index in [0.29, 0.717) is 17.8 Å². The van der Waals surface area contributed by atoms with Gasteiger partial charge in [-0.25, -0.2) is 0 Å². The Kier molecular flexibility index (Phi) is 4.10. The molecule has 2 rings (SSSR count). The summed E-state index contributed by atoms with van der Waals surface area (Å²) >= 11 is 0. The van der Waals surface area contributed by atoms with Crippen molar-refractivity contribution in [1.29, 1.82) is 0 Å². The molecule has 0 radical (unpaired) electrons. The summed E-state index contributed by atoms with van der Waals surface area (Å²) in [5.74, 6) is -0.612. The standard InChI is InChI=1S/C15H15N3O2/c1-18(15(20)13-4-2-3-9-17-13)10-11-5-7-12(8-6-11)14(16)19/h2-9H,10H2,1H3,(H2,16,19). The van der Waals surface area contributed by atoms with Gasteiger partial charge in [0.15, 0.2) is 0 Å². The summed E-state index contributed by atoms with van der Waals surface area (Å²) < 4.78 is 0. The number of pyridine rings is 1. The molecule has 0 bridgehead atoms. The Morgan fingerprint density at radius 1 is 1.15 bits per heavy atom. The van der Waals surface area contributed by atoms with Gasteiger partial charge in [0.2, 0.25) is 5.91 Å². The van der Waals surface area contributed by atoms with Gasteiger partial charge in [-0.15, -0.1) is 0 Å². The molecule has 5 heteroatoms. The molecule has 2 N–H and O–H groups in total. The molecule has 0 aliphatic carbocycles. The molecule has 0 atom stereocenters. The highest BCUT2D eigenvalue weighted by molar-refractivity contribution is 5.93. The van der Waals surface area contributed by atoms with Crippen LogP contribution in [0.3, 0.4) is 0 Å². The van der Waals surface area contributed by atoms with Crippen LogP contribution in [0.2, 0.25) is 0 Å². The number of nitrogens with zero attached hydrogens (tertiary/aromatic N) is 2. The maximum atomic E-state index is 12.1. The maximum Gasteiger partial charge on any atom is 0.272 e. The van der Waals surface area contributed by atoms with Gasteiger partial charge in [-0.3, -0.25) is 14.6 Å². The molecule has 2 amide bonds. The SMILES string of the molecule is CN(Cc1ccc(C(N)=O)cc1)C(=O)c1ccccn1. The van der Waals surface area contributed by atoms with Crippen LogP contribution in [0.15, 0.2) is 48.7 Å². The first-order valence-electron chi connectivity index (χ1n) is 6.13. The molecule has 0 saturated carbocycles. The van der Waals surface area contributed by atoms with Crippen LogP contribution in [-0.2, 0) is 6.54 Å². The van der Waals surface area contributed by atoms with E-state index in [-0.39, 0.29) is 5.91 Å². The zero-order chi connectivity index (χ0) is 14.5. The minimum atomic E-state index is -0.463. The predicted molar refractivity (Wildman–Crippen MR) is 75.0 cm³/mol. The lowest BCUT2D eigenvalue weighted by Gasteiger charge is -2.16. The van der Waals surface area contributed by atoms with Gasteiger partial charge in [0.25, 0.3) is 5.91 Å². The normalized spacial score (nSPS) is 10.1. The van der Waals surface area contributed by atoms with Crippen LogP contribution in [0, 0.1) is 0 Å². The third kappa shape index (κ3) is 3.20. The third-order valence-electron chi connectivity index (χ3n) is 2.89. The van der Waals surface area contributed by atoms with Crippen molar-refractivity contribution in [2.24, 2.45) is 5.73 Å². The molecule has 0 saturated heterocycles. The number of carbonyl (C=O) groups is 2. The number of carbonyl (C=O) groups excluding carboxylic acids is 2. The Morgan fingerprint density at radius 3 is 2.40 bits per heavy atom. The van der Waals surface area contributed by atoms with E-state index in [0.717, 1.165) is 5.56 Å². The van der Waals surface area contributed by atoms with Crippen LogP contribution in [0.25, 0.3) is 0 Å². The fourth-order valence-electron chi connectivity index (χ4n) is 1.80. The lowest BCUT2D eigenvalue weighted by Crippen LogP contribution is -2.26. The second-order valence-electron chi connectivity index (χ2n) is 4.44. The quantitative estimate of drug-likeness (QED) is 0.912. The van der Waals surface area contributed by atoms with Crippen LogP contribution in [0.5, 0.6) is 0 Å². The molecule has 102 valence electrons. The van der Waals surface area contributed by atoms with Crippen molar-refractivity contribution in [1.82, 2.24) is 9.88 Å². The number of hydrogen-bond acceptors (Lipinski definition) is 3. The average Bonchev–Trinajstić information content (AvgIpc) is 2.48. The highest BCUT2D eigenvalue weighted by atomic mass is 16.2. The summed E-state index contributed by atoms with van der Waals surface area (Å²) in [6.45, 7) is 0.439. The van der Waals surface area contributed by atoms with Crippen molar-refractivity contribution in [2.75, 3.05) is 7.05 Å². The van der Waals surface area contributed by atoms with Crippen LogP contribution in [0.1, 0.15) is 26.4 Å². The van der Waals surface area contributed by atoms with E-state index in [9.17, 15) is 9.59 Å². The largest absolute Gasteiger partial charge is 0.366 e. The van der Waals surface area contributed by atoms with E-state index in [1.807, 2.05) is 0 Å². The summed E-state index contributed by atoms with van der Waals surface area (Å²) in [5, 5.41) is 0. The van der Waals surface area contributed by atoms with E-state index in [2.05, 4.69) is 4.98 Å². The van der Waals surface area contributed by atoms with E-state index in [1.165, 1.54) is 0 Å². The lowest BCUT2D eigenvalue weighted by atomic mass is 10.1. The number of benzene rings is 1. The predicted octanol–water partition coefficient (Wildman–Crippen LogP) is 1.45. The Balaban J connectivity index is 2.06. The number of amides is 2. The van der Waals surface area contributed by atoms with E-state index < -0.39 is 5.91 Å². The lowest BCUT2D eigenvalue weighted by molar-refractivity contribution is 0.0779. The van der Waals surface area contributed by atoms with Crippen molar-refractivity contribution >= 4 is 11.8 Å². The fraction of sp³-hybridized carbons (Fsp3) is 0.133. The van der Waals surface area contributed by atoms with Crippen molar-refractivity contribution < 1.29 is 9.59 Å². The van der Waals surface area contributed by atoms with Gasteiger partial charge in [-0.1, -0.05) is 18.2 Å². The zero-order valence-electron chi connectivity index (χ0n) is 11.1. The summed E-state index contributed by atoms with van der Waals surface area (Å²) in [6, 6.07) is 12.1. The summed E-state index contributed by atoms with van der Waals surface area (Å²) in [4.78, 5) is 28.7. The molecule has 2 aromatic rings. The van der Waals surface area contributed by atoms with Crippen molar-refractivity contribution in [3.63, 3.8) is 0 Å². The molecular formula is C15H15N3O2. The van der Waals surface area contributed by atoms with E-state index in [4.69, 9.17) is 5.73 Å². The van der Waals surface area contributed by atoms with Crippen LogP contribution >= 0.6 is 0 Å². The minimum absolute atomic E-state index is 0.149. The number of nitrogens with two attached hydrogens (primary N) is 1. The topological polar surface area (TPSA) is 76.3 Å². The monoisotopic (exact) mass is 269 g/mol. The van der Waals surface area contributed by atoms with Crippen molar-refractivity contribution in [3.8, 4) is 0 Å². The molecule has 1 aromatic carbocycles. The van der Waals surface area contributed by atoms with Gasteiger partial charge in [0.05, 0.1) is 0 Å². The molecule has 20 heavy (non-hydrogen) atoms. The van der Waals surface area contributed by atoms with Gasteiger partial charge >= 0.3 is 0 Å². The Hall–Kier alpha value is -2.69. The molecule has 0 fully saturated rings. The molecule has 0 aliphatic rings. The fourth-order valence-corrected chi connectivity index (χ4v) is 1.80. The first-order valence-corrected chi connectivity index (χ1v) is 6.13. The molecule has 0 spiro atoms. The van der Waals surface area contributed by atoms with E-state index in [1.54, 1.807) is 60.6 Å². The molecule has 1 heterocycles. The number of aromatic nitrogens is 1. The Morgan fingerprint density at radius 2 is 1.85 bits per heavy atom. The number of primary amides is 1.